The van der Waals surface area contributed by atoms with Gasteiger partial charge in [0.1, 0.15) is 12.2 Å². The molecule has 0 bridgehead atoms. The van der Waals surface area contributed by atoms with Crippen molar-refractivity contribution in [3.63, 3.8) is 0 Å². The maximum atomic E-state index is 13.2. The molecule has 8 heteroatoms. The number of rotatable bonds is 4. The summed E-state index contributed by atoms with van der Waals surface area (Å²) in [4.78, 5) is 31.8. The SMILES string of the molecule is Cl.O=C1CC(=O)N(c2ccc(-c3nccn3Cc3ccc(Cl)cc3)cc2)c2ccc3ccccc3c2N1. The summed E-state index contributed by atoms with van der Waals surface area (Å²) in [5, 5.41) is 5.53. The summed E-state index contributed by atoms with van der Waals surface area (Å²) < 4.78 is 2.07. The molecule has 0 unspecified atom stereocenters. The highest BCUT2D eigenvalue weighted by atomic mass is 35.5. The Hall–Kier alpha value is -4.13. The van der Waals surface area contributed by atoms with Crippen molar-refractivity contribution in [3.05, 3.63) is 108 Å². The Kier molecular flexibility index (Phi) is 6.70. The molecule has 2 amide bonds. The normalized spacial score (nSPS) is 13.1. The lowest BCUT2D eigenvalue weighted by molar-refractivity contribution is -0.124. The first-order valence-corrected chi connectivity index (χ1v) is 12.0. The van der Waals surface area contributed by atoms with Crippen molar-refractivity contribution in [3.8, 4) is 11.4 Å². The summed E-state index contributed by atoms with van der Waals surface area (Å²) in [5.74, 6) is 0.224. The second-order valence-corrected chi connectivity index (χ2v) is 9.12. The fraction of sp³-hybridized carbons (Fsp3) is 0.0690. The first-order chi connectivity index (χ1) is 17.6. The van der Waals surface area contributed by atoms with Crippen molar-refractivity contribution in [2.75, 3.05) is 10.2 Å². The van der Waals surface area contributed by atoms with E-state index in [0.29, 0.717) is 28.6 Å². The Balaban J connectivity index is 0.00000280. The number of anilines is 3. The van der Waals surface area contributed by atoms with Crippen LogP contribution in [0.15, 0.2) is 97.3 Å². The zero-order valence-electron chi connectivity index (χ0n) is 19.6. The fourth-order valence-corrected chi connectivity index (χ4v) is 4.76. The third kappa shape index (κ3) is 4.69. The Morgan fingerprint density at radius 2 is 1.65 bits per heavy atom. The molecule has 0 spiro atoms. The molecule has 0 saturated carbocycles. The molecule has 0 aliphatic carbocycles. The Labute approximate surface area is 224 Å². The predicted molar refractivity (Wildman–Crippen MR) is 150 cm³/mol. The Morgan fingerprint density at radius 3 is 2.43 bits per heavy atom. The number of nitrogens with one attached hydrogen (secondary N) is 1. The van der Waals surface area contributed by atoms with Crippen LogP contribution in [0.3, 0.4) is 0 Å². The molecule has 0 atom stereocenters. The van der Waals surface area contributed by atoms with Crippen LogP contribution in [0.2, 0.25) is 5.02 Å². The lowest BCUT2D eigenvalue weighted by atomic mass is 10.1. The number of carbonyl (C=O) groups is 2. The van der Waals surface area contributed by atoms with E-state index >= 15 is 0 Å². The van der Waals surface area contributed by atoms with Gasteiger partial charge in [0.05, 0.1) is 11.4 Å². The number of benzene rings is 4. The van der Waals surface area contributed by atoms with Crippen molar-refractivity contribution < 1.29 is 9.59 Å². The number of nitrogens with zero attached hydrogens (tertiary/aromatic N) is 3. The summed E-state index contributed by atoms with van der Waals surface area (Å²) in [6, 6.07) is 27.1. The van der Waals surface area contributed by atoms with Crippen LogP contribution in [-0.4, -0.2) is 21.4 Å². The molecule has 1 aliphatic rings. The van der Waals surface area contributed by atoms with Gasteiger partial charge in [0.15, 0.2) is 0 Å². The number of imidazole rings is 1. The van der Waals surface area contributed by atoms with Gasteiger partial charge in [-0.3, -0.25) is 14.5 Å². The first kappa shape index (κ1) is 24.6. The van der Waals surface area contributed by atoms with E-state index in [2.05, 4.69) is 14.9 Å². The van der Waals surface area contributed by atoms with Gasteiger partial charge in [-0.2, -0.15) is 0 Å². The monoisotopic (exact) mass is 528 g/mol. The average Bonchev–Trinajstić information content (AvgIpc) is 3.30. The minimum Gasteiger partial charge on any atom is -0.327 e. The molecule has 37 heavy (non-hydrogen) atoms. The molecule has 0 fully saturated rings. The molecule has 1 aliphatic heterocycles. The number of halogens is 2. The summed E-state index contributed by atoms with van der Waals surface area (Å²) in [5.41, 5.74) is 4.03. The number of hydrogen-bond donors (Lipinski definition) is 1. The van der Waals surface area contributed by atoms with Gasteiger partial charge in [0, 0.05) is 40.6 Å². The molecule has 6 nitrogen and oxygen atoms in total. The smallest absolute Gasteiger partial charge is 0.241 e. The molecule has 0 saturated heterocycles. The molecule has 6 rings (SSSR count). The molecule has 5 aromatic rings. The minimum atomic E-state index is -0.319. The van der Waals surface area contributed by atoms with Crippen molar-refractivity contribution in [1.82, 2.24) is 9.55 Å². The lowest BCUT2D eigenvalue weighted by Gasteiger charge is -2.23. The molecule has 4 aromatic carbocycles. The van der Waals surface area contributed by atoms with Crippen molar-refractivity contribution in [2.24, 2.45) is 0 Å². The Morgan fingerprint density at radius 1 is 0.892 bits per heavy atom. The van der Waals surface area contributed by atoms with Gasteiger partial charge >= 0.3 is 0 Å². The number of amides is 2. The summed E-state index contributed by atoms with van der Waals surface area (Å²) in [7, 11) is 0. The molecule has 1 aromatic heterocycles. The molecular weight excluding hydrogens is 507 g/mol. The third-order valence-electron chi connectivity index (χ3n) is 6.34. The topological polar surface area (TPSA) is 67.2 Å². The maximum absolute atomic E-state index is 13.2. The van der Waals surface area contributed by atoms with Crippen molar-refractivity contribution in [2.45, 2.75) is 13.0 Å². The predicted octanol–water partition coefficient (Wildman–Crippen LogP) is 6.83. The van der Waals surface area contributed by atoms with Crippen LogP contribution in [0.4, 0.5) is 17.1 Å². The largest absolute Gasteiger partial charge is 0.327 e. The number of carbonyl (C=O) groups excluding carboxylic acids is 2. The van der Waals surface area contributed by atoms with Gasteiger partial charge in [-0.05, 0) is 53.4 Å². The van der Waals surface area contributed by atoms with Crippen LogP contribution in [0.1, 0.15) is 12.0 Å². The van der Waals surface area contributed by atoms with E-state index in [-0.39, 0.29) is 30.6 Å². The van der Waals surface area contributed by atoms with E-state index in [1.54, 1.807) is 11.1 Å². The van der Waals surface area contributed by atoms with Crippen molar-refractivity contribution >= 4 is 63.7 Å². The summed E-state index contributed by atoms with van der Waals surface area (Å²) in [6.45, 7) is 0.660. The van der Waals surface area contributed by atoms with Crippen LogP contribution < -0.4 is 10.2 Å². The quantitative estimate of drug-likeness (QED) is 0.260. The summed E-state index contributed by atoms with van der Waals surface area (Å²) >= 11 is 6.02. The van der Waals surface area contributed by atoms with E-state index in [4.69, 9.17) is 11.6 Å². The average molecular weight is 529 g/mol. The van der Waals surface area contributed by atoms with Gasteiger partial charge < -0.3 is 9.88 Å². The van der Waals surface area contributed by atoms with E-state index in [1.165, 1.54) is 0 Å². The van der Waals surface area contributed by atoms with Crippen LogP contribution in [0, 0.1) is 0 Å². The van der Waals surface area contributed by atoms with E-state index in [0.717, 1.165) is 27.7 Å². The van der Waals surface area contributed by atoms with E-state index < -0.39 is 0 Å². The third-order valence-corrected chi connectivity index (χ3v) is 6.59. The first-order valence-electron chi connectivity index (χ1n) is 11.6. The summed E-state index contributed by atoms with van der Waals surface area (Å²) in [6.07, 6.45) is 3.49. The van der Waals surface area contributed by atoms with Gasteiger partial charge in [-0.25, -0.2) is 4.98 Å². The zero-order valence-corrected chi connectivity index (χ0v) is 21.2. The van der Waals surface area contributed by atoms with Gasteiger partial charge in [0.2, 0.25) is 11.8 Å². The highest BCUT2D eigenvalue weighted by molar-refractivity contribution is 6.30. The second kappa shape index (κ2) is 10.1. The van der Waals surface area contributed by atoms with E-state index in [1.807, 2.05) is 91.1 Å². The number of hydrogen-bond acceptors (Lipinski definition) is 3. The second-order valence-electron chi connectivity index (χ2n) is 8.69. The van der Waals surface area contributed by atoms with Crippen molar-refractivity contribution in [1.29, 1.82) is 0 Å². The van der Waals surface area contributed by atoms with Crippen LogP contribution in [0.25, 0.3) is 22.2 Å². The van der Waals surface area contributed by atoms with Crippen LogP contribution in [0.5, 0.6) is 0 Å². The lowest BCUT2D eigenvalue weighted by Crippen LogP contribution is -2.26. The Bertz CT molecular complexity index is 1610. The van der Waals surface area contributed by atoms with Crippen LogP contribution in [-0.2, 0) is 16.1 Å². The van der Waals surface area contributed by atoms with Crippen LogP contribution >= 0.6 is 24.0 Å². The van der Waals surface area contributed by atoms with E-state index in [9.17, 15) is 9.59 Å². The fourth-order valence-electron chi connectivity index (χ4n) is 4.64. The van der Waals surface area contributed by atoms with Gasteiger partial charge in [-0.15, -0.1) is 12.4 Å². The molecule has 2 heterocycles. The standard InChI is InChI=1S/C29H21ClN4O2.ClH/c30-22-10-5-19(6-11-22)18-33-16-15-31-29(33)21-7-12-23(13-8-21)34-25-14-9-20-3-1-2-4-24(20)28(25)32-26(35)17-27(34)36;/h1-16H,17-18H2,(H,32,35);1H. The minimum absolute atomic E-state index is 0. The molecule has 184 valence electrons. The molecule has 0 radical (unpaired) electrons. The molecule has 1 N–H and O–H groups in total. The number of fused-ring (bicyclic) bond motifs is 3. The zero-order chi connectivity index (χ0) is 24.6. The molecular formula is C29H22Cl2N4O2. The van der Waals surface area contributed by atoms with Gasteiger partial charge in [0.25, 0.3) is 0 Å². The maximum Gasteiger partial charge on any atom is 0.241 e. The van der Waals surface area contributed by atoms with Gasteiger partial charge in [-0.1, -0.05) is 54.1 Å². The number of aromatic nitrogens is 2. The highest BCUT2D eigenvalue weighted by Crippen LogP contribution is 2.40. The highest BCUT2D eigenvalue weighted by Gasteiger charge is 2.28.